The van der Waals surface area contributed by atoms with E-state index in [2.05, 4.69) is 21.2 Å². The van der Waals surface area contributed by atoms with Gasteiger partial charge in [-0.25, -0.2) is 0 Å². The first-order valence-electron chi connectivity index (χ1n) is 4.88. The van der Waals surface area contributed by atoms with Gasteiger partial charge < -0.3 is 9.73 Å². The van der Waals surface area contributed by atoms with Gasteiger partial charge in [-0.2, -0.15) is 0 Å². The van der Waals surface area contributed by atoms with Gasteiger partial charge in [0.15, 0.2) is 5.76 Å². The molecule has 3 nitrogen and oxygen atoms in total. The average molecular weight is 315 g/mol. The molecule has 2 rings (SSSR count). The fourth-order valence-electron chi connectivity index (χ4n) is 1.38. The molecule has 0 aliphatic carbocycles. The van der Waals surface area contributed by atoms with Crippen LogP contribution < -0.4 is 5.32 Å². The van der Waals surface area contributed by atoms with Gasteiger partial charge in [0.25, 0.3) is 5.91 Å². The number of hydrogen-bond donors (Lipinski definition) is 1. The van der Waals surface area contributed by atoms with Crippen molar-refractivity contribution in [2.75, 3.05) is 5.32 Å². The lowest BCUT2D eigenvalue weighted by Crippen LogP contribution is -2.12. The van der Waals surface area contributed by atoms with Gasteiger partial charge in [-0.3, -0.25) is 4.79 Å². The molecule has 0 aliphatic heterocycles. The van der Waals surface area contributed by atoms with Gasteiger partial charge >= 0.3 is 0 Å². The minimum Gasteiger partial charge on any atom is -0.459 e. The summed E-state index contributed by atoms with van der Waals surface area (Å²) in [4.78, 5) is 11.9. The summed E-state index contributed by atoms with van der Waals surface area (Å²) in [7, 11) is 0. The predicted molar refractivity (Wildman–Crippen MR) is 70.6 cm³/mol. The van der Waals surface area contributed by atoms with Gasteiger partial charge in [-0.1, -0.05) is 11.6 Å². The van der Waals surface area contributed by atoms with Crippen LogP contribution in [0.5, 0.6) is 0 Å². The number of benzene rings is 1. The first-order valence-corrected chi connectivity index (χ1v) is 6.05. The largest absolute Gasteiger partial charge is 0.459 e. The van der Waals surface area contributed by atoms with E-state index < -0.39 is 0 Å². The number of carbonyl (C=O) groups excluding carboxylic acids is 1. The van der Waals surface area contributed by atoms with Gasteiger partial charge in [0, 0.05) is 15.1 Å². The van der Waals surface area contributed by atoms with E-state index in [1.807, 2.05) is 6.92 Å². The minimum atomic E-state index is -0.282. The summed E-state index contributed by atoms with van der Waals surface area (Å²) in [6.45, 7) is 1.81. The standard InChI is InChI=1S/C12H9BrClNO2/c1-7-4-5-17-11(7)12(16)15-10-3-2-8(14)6-9(10)13/h2-6H,1H3,(H,15,16). The molecule has 88 valence electrons. The summed E-state index contributed by atoms with van der Waals surface area (Å²) >= 11 is 9.14. The minimum absolute atomic E-state index is 0.282. The quantitative estimate of drug-likeness (QED) is 0.900. The van der Waals surface area contributed by atoms with Crippen molar-refractivity contribution in [3.8, 4) is 0 Å². The molecule has 5 heteroatoms. The lowest BCUT2D eigenvalue weighted by molar-refractivity contribution is 0.0996. The molecular weight excluding hydrogens is 305 g/mol. The monoisotopic (exact) mass is 313 g/mol. The fraction of sp³-hybridized carbons (Fsp3) is 0.0833. The fourth-order valence-corrected chi connectivity index (χ4v) is 2.16. The molecule has 0 bridgehead atoms. The van der Waals surface area contributed by atoms with E-state index in [9.17, 15) is 4.79 Å². The summed E-state index contributed by atoms with van der Waals surface area (Å²) in [6.07, 6.45) is 1.49. The van der Waals surface area contributed by atoms with Gasteiger partial charge in [0.05, 0.1) is 12.0 Å². The maximum absolute atomic E-state index is 11.9. The van der Waals surface area contributed by atoms with Crippen molar-refractivity contribution in [2.45, 2.75) is 6.92 Å². The zero-order chi connectivity index (χ0) is 12.4. The summed E-state index contributed by atoms with van der Waals surface area (Å²) in [5.41, 5.74) is 1.45. The van der Waals surface area contributed by atoms with Crippen LogP contribution in [0.3, 0.4) is 0 Å². The molecule has 0 saturated carbocycles. The molecule has 1 heterocycles. The van der Waals surface area contributed by atoms with Gasteiger partial charge in [-0.05, 0) is 47.1 Å². The molecule has 0 spiro atoms. The Bertz CT molecular complexity index is 565. The zero-order valence-electron chi connectivity index (χ0n) is 8.96. The zero-order valence-corrected chi connectivity index (χ0v) is 11.3. The van der Waals surface area contributed by atoms with Crippen molar-refractivity contribution < 1.29 is 9.21 Å². The van der Waals surface area contributed by atoms with E-state index in [0.717, 1.165) is 10.0 Å². The van der Waals surface area contributed by atoms with E-state index in [-0.39, 0.29) is 5.91 Å². The highest BCUT2D eigenvalue weighted by Crippen LogP contribution is 2.26. The molecule has 0 atom stereocenters. The molecule has 1 aromatic heterocycles. The Morgan fingerprint density at radius 2 is 2.18 bits per heavy atom. The molecule has 1 N–H and O–H groups in total. The number of halogens is 2. The lowest BCUT2D eigenvalue weighted by atomic mass is 10.2. The predicted octanol–water partition coefficient (Wildman–Crippen LogP) is 4.26. The molecule has 0 saturated heterocycles. The molecule has 0 aliphatic rings. The van der Waals surface area contributed by atoms with E-state index in [0.29, 0.717) is 16.5 Å². The molecule has 1 aromatic carbocycles. The van der Waals surface area contributed by atoms with Crippen molar-refractivity contribution in [1.29, 1.82) is 0 Å². The smallest absolute Gasteiger partial charge is 0.291 e. The number of carbonyl (C=O) groups is 1. The molecular formula is C12H9BrClNO2. The number of furan rings is 1. The Morgan fingerprint density at radius 1 is 1.41 bits per heavy atom. The Balaban J connectivity index is 2.22. The topological polar surface area (TPSA) is 42.2 Å². The second-order valence-electron chi connectivity index (χ2n) is 3.51. The normalized spacial score (nSPS) is 10.3. The van der Waals surface area contributed by atoms with Crippen LogP contribution >= 0.6 is 27.5 Å². The van der Waals surface area contributed by atoms with Gasteiger partial charge in [0.2, 0.25) is 0 Å². The number of rotatable bonds is 2. The van der Waals surface area contributed by atoms with Crippen LogP contribution in [-0.2, 0) is 0 Å². The van der Waals surface area contributed by atoms with E-state index in [4.69, 9.17) is 16.0 Å². The third kappa shape index (κ3) is 2.70. The van der Waals surface area contributed by atoms with Gasteiger partial charge in [-0.15, -0.1) is 0 Å². The van der Waals surface area contributed by atoms with Crippen molar-refractivity contribution in [2.24, 2.45) is 0 Å². The molecule has 1 amide bonds. The lowest BCUT2D eigenvalue weighted by Gasteiger charge is -2.06. The molecule has 2 aromatic rings. The maximum Gasteiger partial charge on any atom is 0.291 e. The van der Waals surface area contributed by atoms with Crippen molar-refractivity contribution >= 4 is 39.1 Å². The summed E-state index contributed by atoms with van der Waals surface area (Å²) in [5.74, 6) is 0.0300. The van der Waals surface area contributed by atoms with E-state index in [1.165, 1.54) is 6.26 Å². The Hall–Kier alpha value is -1.26. The van der Waals surface area contributed by atoms with Crippen LogP contribution in [0.25, 0.3) is 0 Å². The summed E-state index contributed by atoms with van der Waals surface area (Å²) < 4.78 is 5.83. The SMILES string of the molecule is Cc1ccoc1C(=O)Nc1ccc(Cl)cc1Br. The Labute approximate surface area is 112 Å². The first-order chi connectivity index (χ1) is 8.08. The van der Waals surface area contributed by atoms with Crippen LogP contribution in [-0.4, -0.2) is 5.91 Å². The van der Waals surface area contributed by atoms with Crippen LogP contribution in [0.15, 0.2) is 39.4 Å². The highest BCUT2D eigenvalue weighted by atomic mass is 79.9. The number of nitrogens with one attached hydrogen (secondary N) is 1. The second-order valence-corrected chi connectivity index (χ2v) is 4.80. The first kappa shape index (κ1) is 12.2. The molecule has 17 heavy (non-hydrogen) atoms. The number of amides is 1. The van der Waals surface area contributed by atoms with Crippen LogP contribution in [0.4, 0.5) is 5.69 Å². The Kier molecular flexibility index (Phi) is 3.54. The van der Waals surface area contributed by atoms with Crippen LogP contribution in [0, 0.1) is 6.92 Å². The number of anilines is 1. The third-order valence-corrected chi connectivity index (χ3v) is 3.14. The third-order valence-electron chi connectivity index (χ3n) is 2.25. The van der Waals surface area contributed by atoms with Gasteiger partial charge in [0.1, 0.15) is 0 Å². The number of hydrogen-bond acceptors (Lipinski definition) is 2. The maximum atomic E-state index is 11.9. The molecule has 0 radical (unpaired) electrons. The van der Waals surface area contributed by atoms with Crippen LogP contribution in [0.2, 0.25) is 5.02 Å². The second kappa shape index (κ2) is 4.94. The number of aryl methyl sites for hydroxylation is 1. The highest BCUT2D eigenvalue weighted by Gasteiger charge is 2.13. The van der Waals surface area contributed by atoms with E-state index >= 15 is 0 Å². The van der Waals surface area contributed by atoms with Crippen LogP contribution in [0.1, 0.15) is 16.1 Å². The molecule has 0 fully saturated rings. The molecule has 0 unspecified atom stereocenters. The van der Waals surface area contributed by atoms with Crippen molar-refractivity contribution in [3.63, 3.8) is 0 Å². The van der Waals surface area contributed by atoms with Crippen molar-refractivity contribution in [1.82, 2.24) is 0 Å². The van der Waals surface area contributed by atoms with E-state index in [1.54, 1.807) is 24.3 Å². The Morgan fingerprint density at radius 3 is 2.76 bits per heavy atom. The van der Waals surface area contributed by atoms with Crippen molar-refractivity contribution in [3.05, 3.63) is 51.3 Å². The summed E-state index contributed by atoms with van der Waals surface area (Å²) in [6, 6.07) is 6.89. The summed E-state index contributed by atoms with van der Waals surface area (Å²) in [5, 5.41) is 3.34. The average Bonchev–Trinajstić information content (AvgIpc) is 2.68. The highest BCUT2D eigenvalue weighted by molar-refractivity contribution is 9.10.